The van der Waals surface area contributed by atoms with Gasteiger partial charge in [0.25, 0.3) is 0 Å². The number of thiazole rings is 1. The molecule has 0 saturated carbocycles. The lowest BCUT2D eigenvalue weighted by atomic mass is 10.1. The van der Waals surface area contributed by atoms with Gasteiger partial charge in [0.15, 0.2) is 5.96 Å². The average Bonchev–Trinajstić information content (AvgIpc) is 2.90. The van der Waals surface area contributed by atoms with Crippen molar-refractivity contribution in [2.75, 3.05) is 13.6 Å². The van der Waals surface area contributed by atoms with Crippen LogP contribution < -0.4 is 10.6 Å². The first-order chi connectivity index (χ1) is 10.6. The molecule has 2 aromatic rings. The van der Waals surface area contributed by atoms with Crippen LogP contribution in [-0.2, 0) is 13.0 Å². The van der Waals surface area contributed by atoms with Gasteiger partial charge >= 0.3 is 0 Å². The molecule has 2 N–H and O–H groups in total. The van der Waals surface area contributed by atoms with Crippen molar-refractivity contribution in [3.63, 3.8) is 0 Å². The monoisotopic (exact) mass is 452 g/mol. The Morgan fingerprint density at radius 1 is 1.30 bits per heavy atom. The number of nitrogens with one attached hydrogen (secondary N) is 2. The Bertz CT molecular complexity index is 661. The van der Waals surface area contributed by atoms with Crippen LogP contribution in [-0.4, -0.2) is 24.5 Å². The van der Waals surface area contributed by atoms with Crippen molar-refractivity contribution in [1.82, 2.24) is 15.6 Å². The molecule has 2 rings (SSSR count). The van der Waals surface area contributed by atoms with Gasteiger partial charge in [-0.05, 0) is 25.0 Å². The normalized spacial score (nSPS) is 11.0. The van der Waals surface area contributed by atoms with E-state index in [4.69, 9.17) is 0 Å². The van der Waals surface area contributed by atoms with Gasteiger partial charge in [0.2, 0.25) is 0 Å². The second-order valence-corrected chi connectivity index (χ2v) is 6.02. The zero-order chi connectivity index (χ0) is 15.9. The number of halogens is 3. The van der Waals surface area contributed by atoms with E-state index in [1.165, 1.54) is 12.1 Å². The molecule has 126 valence electrons. The van der Waals surface area contributed by atoms with E-state index in [-0.39, 0.29) is 24.0 Å². The van der Waals surface area contributed by atoms with E-state index in [9.17, 15) is 8.78 Å². The van der Waals surface area contributed by atoms with Crippen molar-refractivity contribution in [2.24, 2.45) is 4.99 Å². The van der Waals surface area contributed by atoms with E-state index in [1.807, 2.05) is 13.1 Å². The van der Waals surface area contributed by atoms with Crippen molar-refractivity contribution in [3.05, 3.63) is 51.5 Å². The molecule has 1 aromatic carbocycles. The van der Waals surface area contributed by atoms with Crippen LogP contribution in [0.1, 0.15) is 15.4 Å². The highest BCUT2D eigenvalue weighted by molar-refractivity contribution is 14.0. The van der Waals surface area contributed by atoms with Crippen LogP contribution in [0.2, 0.25) is 0 Å². The first-order valence-electron chi connectivity index (χ1n) is 6.88. The summed E-state index contributed by atoms with van der Waals surface area (Å²) in [6, 6.07) is 3.62. The molecule has 0 aliphatic heterocycles. The molecular formula is C15H19F2IN4S. The fourth-order valence-corrected chi connectivity index (χ4v) is 2.63. The number of rotatable bonds is 5. The van der Waals surface area contributed by atoms with Gasteiger partial charge in [0, 0.05) is 30.7 Å². The lowest BCUT2D eigenvalue weighted by molar-refractivity contribution is 0.570. The van der Waals surface area contributed by atoms with E-state index >= 15 is 0 Å². The van der Waals surface area contributed by atoms with E-state index in [2.05, 4.69) is 20.6 Å². The molecule has 0 aliphatic carbocycles. The van der Waals surface area contributed by atoms with Crippen molar-refractivity contribution < 1.29 is 8.78 Å². The van der Waals surface area contributed by atoms with Crippen LogP contribution in [0.25, 0.3) is 0 Å². The van der Waals surface area contributed by atoms with Gasteiger partial charge in [-0.15, -0.1) is 35.3 Å². The molecule has 4 nitrogen and oxygen atoms in total. The maximum atomic E-state index is 13.5. The maximum absolute atomic E-state index is 13.5. The molecule has 23 heavy (non-hydrogen) atoms. The molecule has 0 spiro atoms. The molecule has 0 aliphatic rings. The van der Waals surface area contributed by atoms with Gasteiger partial charge in [-0.2, -0.15) is 0 Å². The summed E-state index contributed by atoms with van der Waals surface area (Å²) in [5, 5.41) is 7.21. The third kappa shape index (κ3) is 6.38. The Balaban J connectivity index is 0.00000264. The summed E-state index contributed by atoms with van der Waals surface area (Å²) in [7, 11) is 1.67. The Kier molecular flexibility index (Phi) is 8.38. The molecule has 0 fully saturated rings. The van der Waals surface area contributed by atoms with E-state index in [0.717, 1.165) is 16.0 Å². The standard InChI is InChI=1S/C15H18F2N4S.HI/c1-10-8-20-14(22-10)9-21-15(18-2)19-6-5-11-3-4-12(16)7-13(11)17;/h3-4,7-8H,5-6,9H2,1-2H3,(H2,18,19,21);1H. The molecule has 1 aromatic heterocycles. The number of hydrogen-bond donors (Lipinski definition) is 2. The molecule has 0 unspecified atom stereocenters. The summed E-state index contributed by atoms with van der Waals surface area (Å²) in [6.07, 6.45) is 2.28. The Morgan fingerprint density at radius 2 is 2.09 bits per heavy atom. The van der Waals surface area contributed by atoms with Crippen LogP contribution in [0.3, 0.4) is 0 Å². The zero-order valence-corrected chi connectivity index (χ0v) is 16.0. The summed E-state index contributed by atoms with van der Waals surface area (Å²) < 4.78 is 26.3. The van der Waals surface area contributed by atoms with Crippen LogP contribution in [0.4, 0.5) is 8.78 Å². The summed E-state index contributed by atoms with van der Waals surface area (Å²) in [5.41, 5.74) is 0.472. The number of hydrogen-bond acceptors (Lipinski definition) is 3. The number of aliphatic imine (C=N–C) groups is 1. The summed E-state index contributed by atoms with van der Waals surface area (Å²) in [5.74, 6) is -0.469. The van der Waals surface area contributed by atoms with Crippen LogP contribution in [0.5, 0.6) is 0 Å². The maximum Gasteiger partial charge on any atom is 0.191 e. The minimum absolute atomic E-state index is 0. The zero-order valence-electron chi connectivity index (χ0n) is 12.9. The van der Waals surface area contributed by atoms with Crippen LogP contribution >= 0.6 is 35.3 Å². The largest absolute Gasteiger partial charge is 0.356 e. The molecule has 0 amide bonds. The predicted molar refractivity (Wildman–Crippen MR) is 101 cm³/mol. The average molecular weight is 452 g/mol. The smallest absolute Gasteiger partial charge is 0.191 e. The predicted octanol–water partition coefficient (Wildman–Crippen LogP) is 3.26. The quantitative estimate of drug-likeness (QED) is 0.416. The molecule has 0 radical (unpaired) electrons. The van der Waals surface area contributed by atoms with Gasteiger partial charge < -0.3 is 10.6 Å². The fraction of sp³-hybridized carbons (Fsp3) is 0.333. The lowest BCUT2D eigenvalue weighted by Crippen LogP contribution is -2.37. The minimum atomic E-state index is -0.564. The Hall–Kier alpha value is -1.29. The first-order valence-corrected chi connectivity index (χ1v) is 7.70. The van der Waals surface area contributed by atoms with E-state index < -0.39 is 11.6 Å². The summed E-state index contributed by atoms with van der Waals surface area (Å²) in [4.78, 5) is 9.51. The SMILES string of the molecule is CN=C(NCCc1ccc(F)cc1F)NCc1ncc(C)s1.I. The third-order valence-corrected chi connectivity index (χ3v) is 3.91. The number of aryl methyl sites for hydroxylation is 1. The highest BCUT2D eigenvalue weighted by Gasteiger charge is 2.05. The van der Waals surface area contributed by atoms with Crippen molar-refractivity contribution in [2.45, 2.75) is 19.9 Å². The highest BCUT2D eigenvalue weighted by Crippen LogP contribution is 2.11. The Morgan fingerprint density at radius 3 is 2.70 bits per heavy atom. The molecular weight excluding hydrogens is 433 g/mol. The third-order valence-electron chi connectivity index (χ3n) is 3.00. The molecule has 0 atom stereocenters. The van der Waals surface area contributed by atoms with Crippen LogP contribution in [0.15, 0.2) is 29.4 Å². The number of aromatic nitrogens is 1. The van der Waals surface area contributed by atoms with Crippen LogP contribution in [0, 0.1) is 18.6 Å². The second kappa shape index (κ2) is 9.76. The first kappa shape index (κ1) is 19.8. The van der Waals surface area contributed by atoms with Crippen molar-refractivity contribution >= 4 is 41.3 Å². The minimum Gasteiger partial charge on any atom is -0.356 e. The number of benzene rings is 1. The van der Waals surface area contributed by atoms with Crippen molar-refractivity contribution in [3.8, 4) is 0 Å². The van der Waals surface area contributed by atoms with E-state index in [0.29, 0.717) is 31.0 Å². The lowest BCUT2D eigenvalue weighted by Gasteiger charge is -2.11. The molecule has 1 heterocycles. The summed E-state index contributed by atoms with van der Waals surface area (Å²) in [6.45, 7) is 3.09. The van der Waals surface area contributed by atoms with Crippen molar-refractivity contribution in [1.29, 1.82) is 0 Å². The number of nitrogens with zero attached hydrogens (tertiary/aromatic N) is 2. The highest BCUT2D eigenvalue weighted by atomic mass is 127. The Labute approximate surface area is 155 Å². The van der Waals surface area contributed by atoms with Gasteiger partial charge in [-0.1, -0.05) is 6.07 Å². The number of guanidine groups is 1. The second-order valence-electron chi connectivity index (χ2n) is 4.70. The summed E-state index contributed by atoms with van der Waals surface area (Å²) >= 11 is 1.62. The van der Waals surface area contributed by atoms with Gasteiger partial charge in [0.05, 0.1) is 6.54 Å². The van der Waals surface area contributed by atoms with Gasteiger partial charge in [0.1, 0.15) is 16.6 Å². The van der Waals surface area contributed by atoms with Gasteiger partial charge in [-0.3, -0.25) is 4.99 Å². The topological polar surface area (TPSA) is 49.3 Å². The molecule has 8 heteroatoms. The fourth-order valence-electron chi connectivity index (χ4n) is 1.90. The molecule has 0 saturated heterocycles. The van der Waals surface area contributed by atoms with Gasteiger partial charge in [-0.25, -0.2) is 13.8 Å². The van der Waals surface area contributed by atoms with E-state index in [1.54, 1.807) is 18.4 Å². The molecule has 0 bridgehead atoms.